The normalized spacial score (nSPS) is 13.2. The predicted octanol–water partition coefficient (Wildman–Crippen LogP) is 15.9. The molecule has 0 unspecified atom stereocenters. The van der Waals surface area contributed by atoms with Gasteiger partial charge in [0.25, 0.3) is 0 Å². The van der Waals surface area contributed by atoms with Gasteiger partial charge in [-0.1, -0.05) is 188 Å². The molecule has 1 heterocycles. The highest BCUT2D eigenvalue weighted by molar-refractivity contribution is 6.02. The van der Waals surface area contributed by atoms with Crippen molar-refractivity contribution in [3.05, 3.63) is 247 Å². The van der Waals surface area contributed by atoms with Crippen LogP contribution in [0.2, 0.25) is 0 Å². The molecule has 11 aromatic rings. The maximum absolute atomic E-state index is 7.19. The van der Waals surface area contributed by atoms with Crippen LogP contribution in [-0.2, 0) is 5.41 Å². The van der Waals surface area contributed by atoms with Crippen LogP contribution in [0, 0.1) is 0 Å². The highest BCUT2D eigenvalue weighted by Crippen LogP contribution is 2.64. The Kier molecular flexibility index (Phi) is 7.26. The smallest absolute Gasteiger partial charge is 0.140 e. The minimum Gasteiger partial charge on any atom is -0.455 e. The van der Waals surface area contributed by atoms with E-state index in [9.17, 15) is 0 Å². The number of benzene rings is 11. The van der Waals surface area contributed by atoms with E-state index < -0.39 is 5.41 Å². The minimum absolute atomic E-state index is 0.597. The summed E-state index contributed by atoms with van der Waals surface area (Å²) in [5, 5.41) is 9.45. The predicted molar refractivity (Wildman–Crippen MR) is 254 cm³/mol. The van der Waals surface area contributed by atoms with Gasteiger partial charge >= 0.3 is 0 Å². The standard InChI is InChI=1S/C59H37NO/c1-2-16-43-36-46(32-26-38(43)12-1)60(56-23-11-17-40-13-3-6-18-47(40)56)45-30-24-39(25-31-45)44-27-33-51-50-21-9-10-22-52(50)59(55(51)37-44)53-34-28-41-14-4-7-19-48(41)57(53)61-58-49-20-8-5-15-42(49)29-35-54(58)59/h1-37H. The number of nitrogens with zero attached hydrogens (tertiary/aromatic N) is 1. The third kappa shape index (κ3) is 4.91. The van der Waals surface area contributed by atoms with Gasteiger partial charge in [-0.15, -0.1) is 0 Å². The third-order valence-corrected chi connectivity index (χ3v) is 13.3. The van der Waals surface area contributed by atoms with Gasteiger partial charge in [0.15, 0.2) is 0 Å². The second-order valence-electron chi connectivity index (χ2n) is 16.4. The average Bonchev–Trinajstić information content (AvgIpc) is 3.61. The molecule has 0 fully saturated rings. The van der Waals surface area contributed by atoms with Crippen molar-refractivity contribution in [3.8, 4) is 33.8 Å². The number of fused-ring (bicyclic) bond motifs is 15. The van der Waals surface area contributed by atoms with E-state index in [2.05, 4.69) is 229 Å². The summed E-state index contributed by atoms with van der Waals surface area (Å²) >= 11 is 0. The van der Waals surface area contributed by atoms with E-state index in [1.165, 1.54) is 76.8 Å². The van der Waals surface area contributed by atoms with Crippen molar-refractivity contribution in [2.75, 3.05) is 4.90 Å². The van der Waals surface area contributed by atoms with Gasteiger partial charge in [0.2, 0.25) is 0 Å². The van der Waals surface area contributed by atoms with Crippen LogP contribution in [0.4, 0.5) is 17.1 Å². The maximum atomic E-state index is 7.19. The van der Waals surface area contributed by atoms with Crippen LogP contribution in [0.3, 0.4) is 0 Å². The van der Waals surface area contributed by atoms with Crippen molar-refractivity contribution < 1.29 is 4.74 Å². The van der Waals surface area contributed by atoms with Crippen molar-refractivity contribution in [1.29, 1.82) is 0 Å². The molecule has 0 atom stereocenters. The lowest BCUT2D eigenvalue weighted by Gasteiger charge is -2.40. The van der Waals surface area contributed by atoms with Gasteiger partial charge < -0.3 is 9.64 Å². The fourth-order valence-corrected chi connectivity index (χ4v) is 10.5. The first kappa shape index (κ1) is 34.0. The largest absolute Gasteiger partial charge is 0.455 e. The molecule has 1 aliphatic heterocycles. The van der Waals surface area contributed by atoms with Crippen molar-refractivity contribution in [2.24, 2.45) is 0 Å². The van der Waals surface area contributed by atoms with Crippen molar-refractivity contribution in [1.82, 2.24) is 0 Å². The van der Waals surface area contributed by atoms with E-state index in [1.807, 2.05) is 0 Å². The zero-order chi connectivity index (χ0) is 40.1. The quantitative estimate of drug-likeness (QED) is 0.177. The summed E-state index contributed by atoms with van der Waals surface area (Å²) < 4.78 is 7.19. The second-order valence-corrected chi connectivity index (χ2v) is 16.4. The third-order valence-electron chi connectivity index (χ3n) is 13.3. The Morgan fingerprint density at radius 1 is 0.311 bits per heavy atom. The minimum atomic E-state index is -0.597. The number of anilines is 3. The summed E-state index contributed by atoms with van der Waals surface area (Å²) in [6.07, 6.45) is 0. The highest BCUT2D eigenvalue weighted by Gasteiger charge is 2.52. The fourth-order valence-electron chi connectivity index (χ4n) is 10.5. The SMILES string of the molecule is c1ccc2c(c1)-c1ccc(-c3ccc(N(c4ccc5ccccc5c4)c4cccc5ccccc45)cc3)cc1C21c2ccc3ccccc3c2Oc2c1ccc1ccccc21. The molecule has 2 heteroatoms. The van der Waals surface area contributed by atoms with Crippen molar-refractivity contribution in [3.63, 3.8) is 0 Å². The first-order valence-corrected chi connectivity index (χ1v) is 21.1. The van der Waals surface area contributed by atoms with E-state index in [4.69, 9.17) is 4.74 Å². The van der Waals surface area contributed by atoms with Crippen LogP contribution in [0.15, 0.2) is 224 Å². The Morgan fingerprint density at radius 2 is 0.836 bits per heavy atom. The van der Waals surface area contributed by atoms with Crippen LogP contribution in [0.1, 0.15) is 22.3 Å². The number of hydrogen-bond acceptors (Lipinski definition) is 2. The highest BCUT2D eigenvalue weighted by atomic mass is 16.5. The Morgan fingerprint density at radius 3 is 1.56 bits per heavy atom. The molecule has 1 aliphatic carbocycles. The molecule has 61 heavy (non-hydrogen) atoms. The van der Waals surface area contributed by atoms with Gasteiger partial charge in [0.1, 0.15) is 11.5 Å². The Balaban J connectivity index is 1.01. The molecule has 11 aromatic carbocycles. The molecule has 0 saturated heterocycles. The lowest BCUT2D eigenvalue weighted by molar-refractivity contribution is 0.447. The fraction of sp³-hybridized carbons (Fsp3) is 0.0169. The van der Waals surface area contributed by atoms with Gasteiger partial charge in [-0.3, -0.25) is 0 Å². The molecule has 0 radical (unpaired) electrons. The zero-order valence-corrected chi connectivity index (χ0v) is 33.2. The van der Waals surface area contributed by atoms with Crippen LogP contribution < -0.4 is 9.64 Å². The molecule has 284 valence electrons. The van der Waals surface area contributed by atoms with Gasteiger partial charge in [-0.2, -0.15) is 0 Å². The van der Waals surface area contributed by atoms with Gasteiger partial charge in [0, 0.05) is 38.7 Å². The second kappa shape index (κ2) is 13.0. The molecular weight excluding hydrogens is 739 g/mol. The molecule has 0 amide bonds. The Labute approximate surface area is 354 Å². The summed E-state index contributed by atoms with van der Waals surface area (Å²) in [7, 11) is 0. The zero-order valence-electron chi connectivity index (χ0n) is 33.2. The van der Waals surface area contributed by atoms with E-state index in [-0.39, 0.29) is 0 Å². The first-order valence-electron chi connectivity index (χ1n) is 21.1. The van der Waals surface area contributed by atoms with Crippen LogP contribution in [-0.4, -0.2) is 0 Å². The van der Waals surface area contributed by atoms with Gasteiger partial charge in [0.05, 0.1) is 11.1 Å². The lowest BCUT2D eigenvalue weighted by atomic mass is 9.65. The summed E-state index contributed by atoms with van der Waals surface area (Å²) in [4.78, 5) is 2.40. The molecule has 1 spiro atoms. The number of ether oxygens (including phenoxy) is 1. The molecule has 0 aromatic heterocycles. The lowest BCUT2D eigenvalue weighted by Crippen LogP contribution is -2.32. The molecular formula is C59H37NO. The molecule has 0 saturated carbocycles. The van der Waals surface area contributed by atoms with Crippen molar-refractivity contribution in [2.45, 2.75) is 5.41 Å². The summed E-state index contributed by atoms with van der Waals surface area (Å²) in [6.45, 7) is 0. The van der Waals surface area contributed by atoms with Gasteiger partial charge in [-0.25, -0.2) is 0 Å². The summed E-state index contributed by atoms with van der Waals surface area (Å²) in [5.74, 6) is 1.86. The van der Waals surface area contributed by atoms with Crippen LogP contribution in [0.25, 0.3) is 65.3 Å². The Hall–Kier alpha value is -7.94. The van der Waals surface area contributed by atoms with Crippen molar-refractivity contribution >= 4 is 60.2 Å². The van der Waals surface area contributed by atoms with E-state index in [1.54, 1.807) is 0 Å². The van der Waals surface area contributed by atoms with E-state index in [0.29, 0.717) is 0 Å². The van der Waals surface area contributed by atoms with Gasteiger partial charge in [-0.05, 0) is 96.7 Å². The first-order chi connectivity index (χ1) is 30.2. The van der Waals surface area contributed by atoms with E-state index >= 15 is 0 Å². The molecule has 0 bridgehead atoms. The summed E-state index contributed by atoms with van der Waals surface area (Å²) in [6, 6.07) is 82.3. The van der Waals surface area contributed by atoms with Crippen LogP contribution in [0.5, 0.6) is 11.5 Å². The monoisotopic (exact) mass is 775 g/mol. The number of hydrogen-bond donors (Lipinski definition) is 0. The Bertz CT molecular complexity index is 3490. The van der Waals surface area contributed by atoms with Crippen LogP contribution >= 0.6 is 0 Å². The molecule has 2 aliphatic rings. The number of rotatable bonds is 4. The average molecular weight is 776 g/mol. The summed E-state index contributed by atoms with van der Waals surface area (Å²) in [5.41, 5.74) is 12.6. The molecule has 2 nitrogen and oxygen atoms in total. The van der Waals surface area contributed by atoms with E-state index in [0.717, 1.165) is 39.3 Å². The molecule has 13 rings (SSSR count). The topological polar surface area (TPSA) is 12.5 Å². The molecule has 0 N–H and O–H groups in total. The maximum Gasteiger partial charge on any atom is 0.140 e.